The normalized spacial score (nSPS) is 23.3. The molecule has 0 heterocycles. The Morgan fingerprint density at radius 2 is 1.20 bits per heavy atom. The number of esters is 1. The maximum atomic E-state index is 12.8. The van der Waals surface area contributed by atoms with Crippen molar-refractivity contribution < 1.29 is 80.8 Å². The zero-order valence-corrected chi connectivity index (χ0v) is 32.4. The van der Waals surface area contributed by atoms with Crippen LogP contribution in [0.2, 0.25) is 0 Å². The summed E-state index contributed by atoms with van der Waals surface area (Å²) in [7, 11) is -15.9. The van der Waals surface area contributed by atoms with E-state index in [1.807, 2.05) is 0 Å². The number of phosphoric acid groups is 3. The first-order valence-electron chi connectivity index (χ1n) is 17.2. The minimum absolute atomic E-state index is 0.0834. The SMILES string of the molecule is CCCCCCCCCCCCCCCC(=O)O[C@@H](COP(=O)(O)OC1C[C@@H](OP(=O)(O)O)C(OP(=O)(O)O)[C@@H](O)[C@H]1O)CSC(=O)CCC. The van der Waals surface area contributed by atoms with Gasteiger partial charge in [-0.15, -0.1) is 0 Å². The maximum absolute atomic E-state index is 12.8. The Bertz CT molecular complexity index is 1120. The van der Waals surface area contributed by atoms with Gasteiger partial charge >= 0.3 is 29.4 Å². The molecule has 0 aromatic heterocycles. The molecule has 1 fully saturated rings. The second-order valence-electron chi connectivity index (χ2n) is 12.4. The number of thioether (sulfide) groups is 1. The lowest BCUT2D eigenvalue weighted by Crippen LogP contribution is -2.57. The highest BCUT2D eigenvalue weighted by atomic mass is 32.2. The van der Waals surface area contributed by atoms with E-state index in [9.17, 15) is 48.2 Å². The lowest BCUT2D eigenvalue weighted by atomic mass is 9.87. The first-order chi connectivity index (χ1) is 23.4. The van der Waals surface area contributed by atoms with E-state index in [1.54, 1.807) is 6.92 Å². The lowest BCUT2D eigenvalue weighted by Gasteiger charge is -2.41. The Morgan fingerprint density at radius 3 is 1.70 bits per heavy atom. The average molecular weight is 803 g/mol. The van der Waals surface area contributed by atoms with Crippen molar-refractivity contribution in [2.45, 2.75) is 160 Å². The van der Waals surface area contributed by atoms with Crippen LogP contribution in [-0.2, 0) is 46.1 Å². The smallest absolute Gasteiger partial charge is 0.459 e. The van der Waals surface area contributed by atoms with Crippen LogP contribution in [0.1, 0.15) is 123 Å². The highest BCUT2D eigenvalue weighted by Crippen LogP contribution is 2.51. The Morgan fingerprint density at radius 1 is 0.680 bits per heavy atom. The third-order valence-electron chi connectivity index (χ3n) is 7.79. The molecule has 0 spiro atoms. The fourth-order valence-corrected chi connectivity index (χ4v) is 8.29. The van der Waals surface area contributed by atoms with E-state index in [0.717, 1.165) is 37.4 Å². The second-order valence-corrected chi connectivity index (χ2v) is 17.2. The van der Waals surface area contributed by atoms with Crippen LogP contribution >= 0.6 is 35.2 Å². The van der Waals surface area contributed by atoms with Gasteiger partial charge in [0.25, 0.3) is 0 Å². The van der Waals surface area contributed by atoms with Gasteiger partial charge in [-0.3, -0.25) is 27.7 Å². The van der Waals surface area contributed by atoms with Crippen LogP contribution in [0.25, 0.3) is 0 Å². The van der Waals surface area contributed by atoms with Crippen molar-refractivity contribution in [3.8, 4) is 0 Å². The fraction of sp³-hybridized carbons (Fsp3) is 0.931. The molecule has 0 saturated heterocycles. The molecule has 0 aromatic rings. The molecule has 21 heteroatoms. The lowest BCUT2D eigenvalue weighted by molar-refractivity contribution is -0.167. The summed E-state index contributed by atoms with van der Waals surface area (Å²) in [6.07, 6.45) is 2.98. The number of rotatable bonds is 28. The highest BCUT2D eigenvalue weighted by molar-refractivity contribution is 8.13. The number of aliphatic hydroxyl groups is 2. The van der Waals surface area contributed by atoms with Gasteiger partial charge in [-0.2, -0.15) is 0 Å². The summed E-state index contributed by atoms with van der Waals surface area (Å²) in [6, 6.07) is 0. The maximum Gasteiger partial charge on any atom is 0.472 e. The summed E-state index contributed by atoms with van der Waals surface area (Å²) < 4.78 is 59.7. The van der Waals surface area contributed by atoms with Crippen LogP contribution in [0.4, 0.5) is 0 Å². The molecule has 0 amide bonds. The molecule has 0 aromatic carbocycles. The molecule has 3 unspecified atom stereocenters. The monoisotopic (exact) mass is 802 g/mol. The van der Waals surface area contributed by atoms with E-state index in [2.05, 4.69) is 16.0 Å². The molecular weight excluding hydrogens is 745 g/mol. The molecule has 1 aliphatic rings. The van der Waals surface area contributed by atoms with Crippen molar-refractivity contribution in [1.29, 1.82) is 0 Å². The summed E-state index contributed by atoms with van der Waals surface area (Å²) >= 11 is 0.846. The van der Waals surface area contributed by atoms with E-state index < -0.39 is 79.1 Å². The zero-order chi connectivity index (χ0) is 37.8. The summed E-state index contributed by atoms with van der Waals surface area (Å²) in [5.74, 6) is -0.702. The topological polar surface area (TPSA) is 273 Å². The van der Waals surface area contributed by atoms with Crippen LogP contribution in [0, 0.1) is 0 Å². The molecular formula is C29H57O17P3S. The molecule has 296 valence electrons. The first kappa shape index (κ1) is 47.8. The third-order valence-corrected chi connectivity index (χ3v) is 10.9. The Hall–Kier alpha value is -0.260. The summed E-state index contributed by atoms with van der Waals surface area (Å²) in [6.45, 7) is 3.29. The first-order valence-corrected chi connectivity index (χ1v) is 22.8. The molecule has 7 atom stereocenters. The molecule has 0 radical (unpaired) electrons. The molecule has 1 aliphatic carbocycles. The summed E-state index contributed by atoms with van der Waals surface area (Å²) in [4.78, 5) is 71.7. The van der Waals surface area contributed by atoms with E-state index in [-0.39, 0.29) is 23.7 Å². The predicted octanol–water partition coefficient (Wildman–Crippen LogP) is 5.02. The largest absolute Gasteiger partial charge is 0.472 e. The number of hydrogen-bond donors (Lipinski definition) is 7. The van der Waals surface area contributed by atoms with Crippen LogP contribution in [0.5, 0.6) is 0 Å². The quantitative estimate of drug-likeness (QED) is 0.0311. The van der Waals surface area contributed by atoms with Crippen LogP contribution in [0.3, 0.4) is 0 Å². The van der Waals surface area contributed by atoms with Crippen LogP contribution in [0.15, 0.2) is 0 Å². The van der Waals surface area contributed by atoms with Crippen molar-refractivity contribution >= 4 is 46.3 Å². The number of carbonyl (C=O) groups is 2. The van der Waals surface area contributed by atoms with Crippen molar-refractivity contribution in [3.63, 3.8) is 0 Å². The van der Waals surface area contributed by atoms with Crippen molar-refractivity contribution in [1.82, 2.24) is 0 Å². The van der Waals surface area contributed by atoms with Crippen LogP contribution in [-0.4, -0.2) is 94.7 Å². The van der Waals surface area contributed by atoms with Gasteiger partial charge in [-0.25, -0.2) is 13.7 Å². The molecule has 1 rings (SSSR count). The minimum Gasteiger partial charge on any atom is -0.459 e. The van der Waals surface area contributed by atoms with E-state index in [0.29, 0.717) is 12.8 Å². The van der Waals surface area contributed by atoms with E-state index in [1.165, 1.54) is 51.4 Å². The molecule has 50 heavy (non-hydrogen) atoms. The second kappa shape index (κ2) is 24.9. The Labute approximate surface area is 298 Å². The van der Waals surface area contributed by atoms with Gasteiger partial charge in [0, 0.05) is 25.0 Å². The number of hydrogen-bond acceptors (Lipinski definition) is 13. The third kappa shape index (κ3) is 22.7. The molecule has 17 nitrogen and oxygen atoms in total. The van der Waals surface area contributed by atoms with Crippen LogP contribution < -0.4 is 0 Å². The van der Waals surface area contributed by atoms with Gasteiger partial charge in [-0.05, 0) is 12.8 Å². The number of ether oxygens (including phenoxy) is 1. The summed E-state index contributed by atoms with van der Waals surface area (Å²) in [5.41, 5.74) is 0. The predicted molar refractivity (Wildman–Crippen MR) is 184 cm³/mol. The van der Waals surface area contributed by atoms with Gasteiger partial charge in [0.2, 0.25) is 0 Å². The Balaban J connectivity index is 2.67. The number of unbranched alkanes of at least 4 members (excludes halogenated alkanes) is 12. The number of carbonyl (C=O) groups excluding carboxylic acids is 2. The fourth-order valence-electron chi connectivity index (χ4n) is 5.30. The summed E-state index contributed by atoms with van der Waals surface area (Å²) in [5, 5.41) is 20.6. The molecule has 0 bridgehead atoms. The van der Waals surface area contributed by atoms with Gasteiger partial charge in [-0.1, -0.05) is 103 Å². The van der Waals surface area contributed by atoms with Gasteiger partial charge in [0.1, 0.15) is 36.6 Å². The van der Waals surface area contributed by atoms with Gasteiger partial charge in [0.05, 0.1) is 6.61 Å². The van der Waals surface area contributed by atoms with E-state index >= 15 is 0 Å². The molecule has 1 saturated carbocycles. The molecule has 0 aliphatic heterocycles. The minimum atomic E-state index is -5.38. The van der Waals surface area contributed by atoms with Gasteiger partial charge < -0.3 is 39.4 Å². The van der Waals surface area contributed by atoms with Crippen molar-refractivity contribution in [2.24, 2.45) is 0 Å². The molecule has 7 N–H and O–H groups in total. The zero-order valence-electron chi connectivity index (χ0n) is 28.9. The Kier molecular flexibility index (Phi) is 23.8. The highest BCUT2D eigenvalue weighted by Gasteiger charge is 2.51. The van der Waals surface area contributed by atoms with Crippen molar-refractivity contribution in [3.05, 3.63) is 0 Å². The number of phosphoric ester groups is 3. The van der Waals surface area contributed by atoms with E-state index in [4.69, 9.17) is 23.6 Å². The number of aliphatic hydroxyl groups excluding tert-OH is 2. The van der Waals surface area contributed by atoms with Gasteiger partial charge in [0.15, 0.2) is 5.12 Å². The van der Waals surface area contributed by atoms with Crippen molar-refractivity contribution in [2.75, 3.05) is 12.4 Å². The standard InChI is InChI=1S/C29H57O17P3S/c1-3-5-6-7-8-9-10-11-12-13-14-15-16-18-25(30)43-22(21-50-26(31)17-4-2)20-42-49(40,41)45-23-19-24(44-47(34,35)36)29(28(33)27(23)32)46-48(37,38)39/h22-24,27-29,32-33H,3-21H2,1-2H3,(H,40,41)(H2,34,35,36)(H2,37,38,39)/t22-,23?,24+,27-,28-,29?/m0/s1. The average Bonchev–Trinajstić information content (AvgIpc) is 3.00.